The fourth-order valence-electron chi connectivity index (χ4n) is 2.17. The first-order valence-corrected chi connectivity index (χ1v) is 7.64. The van der Waals surface area contributed by atoms with Gasteiger partial charge in [-0.25, -0.2) is 0 Å². The van der Waals surface area contributed by atoms with Crippen molar-refractivity contribution in [2.75, 3.05) is 20.8 Å². The second-order valence-electron chi connectivity index (χ2n) is 4.69. The van der Waals surface area contributed by atoms with E-state index in [0.29, 0.717) is 12.1 Å². The van der Waals surface area contributed by atoms with E-state index in [1.54, 1.807) is 26.4 Å². The van der Waals surface area contributed by atoms with Crippen LogP contribution in [0.4, 0.5) is 0 Å². The van der Waals surface area contributed by atoms with E-state index in [1.165, 1.54) is 0 Å². The Morgan fingerprint density at radius 1 is 1.18 bits per heavy atom. The first kappa shape index (κ1) is 16.5. The average molecular weight is 364 g/mol. The highest BCUT2D eigenvalue weighted by atomic mass is 79.9. The first-order chi connectivity index (χ1) is 10.7. The topological polar surface area (TPSA) is 47.6 Å². The summed E-state index contributed by atoms with van der Waals surface area (Å²) in [6.45, 7) is 0.363. The molecule has 0 aliphatic rings. The second-order valence-corrected chi connectivity index (χ2v) is 5.60. The summed E-state index contributed by atoms with van der Waals surface area (Å²) in [6.07, 6.45) is -0.271. The van der Waals surface area contributed by atoms with Gasteiger partial charge in [-0.15, -0.1) is 0 Å². The van der Waals surface area contributed by atoms with E-state index in [4.69, 9.17) is 9.47 Å². The summed E-state index contributed by atoms with van der Waals surface area (Å²) in [4.78, 5) is 12.2. The summed E-state index contributed by atoms with van der Waals surface area (Å²) in [6, 6.07) is 14.9. The lowest BCUT2D eigenvalue weighted by Crippen LogP contribution is -2.29. The summed E-state index contributed by atoms with van der Waals surface area (Å²) in [5.74, 6) is 0.601. The maximum atomic E-state index is 12.2. The lowest BCUT2D eigenvalue weighted by molar-refractivity contribution is 0.0819. The maximum absolute atomic E-state index is 12.2. The van der Waals surface area contributed by atoms with Crippen molar-refractivity contribution in [2.24, 2.45) is 0 Å². The van der Waals surface area contributed by atoms with Gasteiger partial charge in [0, 0.05) is 29.3 Å². The molecule has 0 heterocycles. The van der Waals surface area contributed by atoms with Gasteiger partial charge in [0.2, 0.25) is 0 Å². The Hall–Kier alpha value is -1.85. The van der Waals surface area contributed by atoms with Crippen LogP contribution in [0, 0.1) is 0 Å². The van der Waals surface area contributed by atoms with Crippen LogP contribution in [0.25, 0.3) is 0 Å². The molecular formula is C17H18BrNO3. The van der Waals surface area contributed by atoms with E-state index in [0.717, 1.165) is 15.8 Å². The minimum Gasteiger partial charge on any atom is -0.496 e. The number of carbonyl (C=O) groups is 1. The molecule has 5 heteroatoms. The molecular weight excluding hydrogens is 346 g/mol. The van der Waals surface area contributed by atoms with Gasteiger partial charge in [-0.2, -0.15) is 0 Å². The van der Waals surface area contributed by atoms with Crippen molar-refractivity contribution in [3.8, 4) is 5.75 Å². The van der Waals surface area contributed by atoms with E-state index in [2.05, 4.69) is 21.2 Å². The summed E-state index contributed by atoms with van der Waals surface area (Å²) >= 11 is 3.36. The number of halogens is 1. The number of hydrogen-bond acceptors (Lipinski definition) is 3. The van der Waals surface area contributed by atoms with Crippen molar-refractivity contribution in [3.63, 3.8) is 0 Å². The van der Waals surface area contributed by atoms with Crippen LogP contribution < -0.4 is 10.1 Å². The van der Waals surface area contributed by atoms with Gasteiger partial charge in [0.05, 0.1) is 7.11 Å². The van der Waals surface area contributed by atoms with Crippen LogP contribution in [0.5, 0.6) is 5.75 Å². The van der Waals surface area contributed by atoms with Crippen LogP contribution >= 0.6 is 15.9 Å². The Morgan fingerprint density at radius 2 is 1.95 bits per heavy atom. The number of methoxy groups -OCH3 is 2. The third-order valence-electron chi connectivity index (χ3n) is 3.31. The van der Waals surface area contributed by atoms with E-state index < -0.39 is 0 Å². The highest BCUT2D eigenvalue weighted by Crippen LogP contribution is 2.26. The number of carbonyl (C=O) groups excluding carboxylic acids is 1. The lowest BCUT2D eigenvalue weighted by Gasteiger charge is -2.19. The van der Waals surface area contributed by atoms with Crippen molar-refractivity contribution in [3.05, 3.63) is 64.1 Å². The molecule has 0 aromatic heterocycles. The molecule has 0 radical (unpaired) electrons. The molecule has 1 unspecified atom stereocenters. The lowest BCUT2D eigenvalue weighted by atomic mass is 10.1. The van der Waals surface area contributed by atoms with Crippen LogP contribution in [-0.4, -0.2) is 26.7 Å². The number of hydrogen-bond donors (Lipinski definition) is 1. The van der Waals surface area contributed by atoms with Gasteiger partial charge >= 0.3 is 0 Å². The molecule has 0 spiro atoms. The second kappa shape index (κ2) is 7.96. The smallest absolute Gasteiger partial charge is 0.251 e. The number of para-hydroxylation sites is 1. The van der Waals surface area contributed by atoms with Gasteiger partial charge in [-0.1, -0.05) is 40.2 Å². The van der Waals surface area contributed by atoms with Crippen LogP contribution in [-0.2, 0) is 4.74 Å². The van der Waals surface area contributed by atoms with Crippen LogP contribution in [0.3, 0.4) is 0 Å². The molecule has 22 heavy (non-hydrogen) atoms. The van der Waals surface area contributed by atoms with Crippen molar-refractivity contribution >= 4 is 21.8 Å². The summed E-state index contributed by atoms with van der Waals surface area (Å²) in [7, 11) is 3.23. The molecule has 4 nitrogen and oxygen atoms in total. The molecule has 1 atom stereocenters. The van der Waals surface area contributed by atoms with Gasteiger partial charge in [-0.05, 0) is 24.3 Å². The molecule has 0 saturated carbocycles. The van der Waals surface area contributed by atoms with Gasteiger partial charge in [-0.3, -0.25) is 4.79 Å². The highest BCUT2D eigenvalue weighted by Gasteiger charge is 2.16. The third kappa shape index (κ3) is 4.08. The quantitative estimate of drug-likeness (QED) is 0.853. The number of nitrogens with one attached hydrogen (secondary N) is 1. The minimum atomic E-state index is -0.271. The molecule has 0 saturated heterocycles. The Morgan fingerprint density at radius 3 is 2.64 bits per heavy atom. The van der Waals surface area contributed by atoms with Crippen molar-refractivity contribution in [2.45, 2.75) is 6.10 Å². The van der Waals surface area contributed by atoms with E-state index >= 15 is 0 Å². The van der Waals surface area contributed by atoms with E-state index in [9.17, 15) is 4.79 Å². The molecule has 0 fully saturated rings. The highest BCUT2D eigenvalue weighted by molar-refractivity contribution is 9.10. The molecule has 2 rings (SSSR count). The number of ether oxygens (including phenoxy) is 2. The van der Waals surface area contributed by atoms with Gasteiger partial charge in [0.25, 0.3) is 5.91 Å². The standard InChI is InChI=1S/C17H18BrNO3/c1-21-15-9-4-3-8-14(15)16(22-2)11-19-17(20)12-6-5-7-13(18)10-12/h3-10,16H,11H2,1-2H3,(H,19,20). The molecule has 0 aliphatic carbocycles. The Bertz CT molecular complexity index is 645. The molecule has 0 aliphatic heterocycles. The number of amides is 1. The van der Waals surface area contributed by atoms with Gasteiger partial charge in [0.15, 0.2) is 0 Å². The van der Waals surface area contributed by atoms with Crippen LogP contribution in [0.2, 0.25) is 0 Å². The first-order valence-electron chi connectivity index (χ1n) is 6.85. The predicted octanol–water partition coefficient (Wildman–Crippen LogP) is 3.58. The molecule has 116 valence electrons. The van der Waals surface area contributed by atoms with Crippen molar-refractivity contribution < 1.29 is 14.3 Å². The zero-order valence-corrected chi connectivity index (χ0v) is 14.1. The predicted molar refractivity (Wildman–Crippen MR) is 89.2 cm³/mol. The Balaban J connectivity index is 2.06. The normalized spacial score (nSPS) is 11.8. The zero-order chi connectivity index (χ0) is 15.9. The van der Waals surface area contributed by atoms with E-state index in [-0.39, 0.29) is 12.0 Å². The summed E-state index contributed by atoms with van der Waals surface area (Å²) in [5.41, 5.74) is 1.51. The van der Waals surface area contributed by atoms with Crippen molar-refractivity contribution in [1.29, 1.82) is 0 Å². The largest absolute Gasteiger partial charge is 0.496 e. The Labute approximate surface area is 138 Å². The van der Waals surface area contributed by atoms with Gasteiger partial charge < -0.3 is 14.8 Å². The third-order valence-corrected chi connectivity index (χ3v) is 3.80. The fourth-order valence-corrected chi connectivity index (χ4v) is 2.57. The van der Waals surface area contributed by atoms with Crippen molar-refractivity contribution in [1.82, 2.24) is 5.32 Å². The number of rotatable bonds is 6. The number of benzene rings is 2. The van der Waals surface area contributed by atoms with E-state index in [1.807, 2.05) is 36.4 Å². The Kier molecular flexibility index (Phi) is 5.98. The zero-order valence-electron chi connectivity index (χ0n) is 12.5. The average Bonchev–Trinajstić information content (AvgIpc) is 2.55. The maximum Gasteiger partial charge on any atom is 0.251 e. The van der Waals surface area contributed by atoms with Crippen LogP contribution in [0.1, 0.15) is 22.0 Å². The molecule has 2 aromatic rings. The molecule has 1 amide bonds. The summed E-state index contributed by atoms with van der Waals surface area (Å²) in [5, 5.41) is 2.89. The van der Waals surface area contributed by atoms with Gasteiger partial charge in [0.1, 0.15) is 11.9 Å². The minimum absolute atomic E-state index is 0.141. The molecule has 2 aromatic carbocycles. The monoisotopic (exact) mass is 363 g/mol. The molecule has 0 bridgehead atoms. The fraction of sp³-hybridized carbons (Fsp3) is 0.235. The molecule has 1 N–H and O–H groups in total. The van der Waals surface area contributed by atoms with Crippen LogP contribution in [0.15, 0.2) is 53.0 Å². The summed E-state index contributed by atoms with van der Waals surface area (Å²) < 4.78 is 11.7. The SMILES string of the molecule is COc1ccccc1C(CNC(=O)c1cccc(Br)c1)OC.